The van der Waals surface area contributed by atoms with Crippen LogP contribution in [0, 0.1) is 21.5 Å². The van der Waals surface area contributed by atoms with Gasteiger partial charge >= 0.3 is 0 Å². The number of carbonyl (C=O) groups is 1. The normalized spacial score (nSPS) is 19.7. The van der Waals surface area contributed by atoms with E-state index >= 15 is 0 Å². The number of H-pyrrole nitrogens is 1. The lowest BCUT2D eigenvalue weighted by Crippen LogP contribution is -2.45. The number of piperidine rings is 1. The molecule has 1 fully saturated rings. The van der Waals surface area contributed by atoms with Crippen LogP contribution in [0.4, 0.5) is 0 Å². The minimum absolute atomic E-state index is 0.110. The molecule has 1 N–H and O–H groups in total. The summed E-state index contributed by atoms with van der Waals surface area (Å²) in [7, 11) is 1.88. The van der Waals surface area contributed by atoms with E-state index in [1.165, 1.54) is 0 Å². The van der Waals surface area contributed by atoms with Crippen LogP contribution in [-0.2, 0) is 11.8 Å². The molecule has 1 aromatic rings. The first-order valence-electron chi connectivity index (χ1n) is 6.68. The Bertz CT molecular complexity index is 609. The highest BCUT2D eigenvalue weighted by Gasteiger charge is 2.35. The first-order valence-corrected chi connectivity index (χ1v) is 7.09. The molecule has 1 atom stereocenters. The highest BCUT2D eigenvalue weighted by molar-refractivity contribution is 7.71. The maximum Gasteiger partial charge on any atom is 0.242 e. The van der Waals surface area contributed by atoms with Crippen LogP contribution < -0.4 is 0 Å². The van der Waals surface area contributed by atoms with E-state index in [2.05, 4.69) is 16.3 Å². The van der Waals surface area contributed by atoms with Crippen LogP contribution in [0.5, 0.6) is 0 Å². The predicted molar refractivity (Wildman–Crippen MR) is 76.3 cm³/mol. The lowest BCUT2D eigenvalue weighted by Gasteiger charge is -2.35. The van der Waals surface area contributed by atoms with Crippen LogP contribution >= 0.6 is 12.2 Å². The molecule has 2 heterocycles. The molecule has 0 aliphatic carbocycles. The van der Waals surface area contributed by atoms with E-state index in [1.54, 1.807) is 18.7 Å². The number of carbonyl (C=O) groups excluding carboxylic acids is 1. The fraction of sp³-hybridized carbons (Fsp3) is 0.692. The van der Waals surface area contributed by atoms with E-state index in [4.69, 9.17) is 17.5 Å². The Balaban J connectivity index is 2.18. The van der Waals surface area contributed by atoms with Gasteiger partial charge in [-0.05, 0) is 38.9 Å². The van der Waals surface area contributed by atoms with Gasteiger partial charge in [0, 0.05) is 26.1 Å². The predicted octanol–water partition coefficient (Wildman–Crippen LogP) is 1.73. The van der Waals surface area contributed by atoms with Gasteiger partial charge in [-0.3, -0.25) is 9.89 Å². The van der Waals surface area contributed by atoms with Gasteiger partial charge in [-0.2, -0.15) is 10.4 Å². The average Bonchev–Trinajstić information content (AvgIpc) is 2.78. The summed E-state index contributed by atoms with van der Waals surface area (Å²) in [5.41, 5.74) is -0.973. The molecule has 0 aromatic carbocycles. The number of hydrogen-bond acceptors (Lipinski definition) is 4. The molecule has 0 bridgehead atoms. The number of nitrogens with zero attached hydrogens (tertiary/aromatic N) is 4. The summed E-state index contributed by atoms with van der Waals surface area (Å²) in [5.74, 6) is 0.934. The number of aromatic nitrogens is 3. The highest BCUT2D eigenvalue weighted by Crippen LogP contribution is 2.28. The van der Waals surface area contributed by atoms with Gasteiger partial charge in [0.2, 0.25) is 5.91 Å². The molecule has 108 valence electrons. The highest BCUT2D eigenvalue weighted by atomic mass is 32.1. The average molecular weight is 293 g/mol. The van der Waals surface area contributed by atoms with Crippen molar-refractivity contribution in [2.75, 3.05) is 13.1 Å². The smallest absolute Gasteiger partial charge is 0.242 e. The Morgan fingerprint density at radius 3 is 2.85 bits per heavy atom. The zero-order valence-electron chi connectivity index (χ0n) is 12.0. The second-order valence-electron chi connectivity index (χ2n) is 5.77. The molecule has 1 aromatic heterocycles. The number of nitrogens with one attached hydrogen (secondary N) is 1. The third-order valence-corrected chi connectivity index (χ3v) is 4.17. The number of aromatic amines is 1. The van der Waals surface area contributed by atoms with Crippen LogP contribution in [0.3, 0.4) is 0 Å². The summed E-state index contributed by atoms with van der Waals surface area (Å²) in [4.78, 5) is 14.1. The Morgan fingerprint density at radius 1 is 1.60 bits per heavy atom. The zero-order chi connectivity index (χ0) is 14.9. The van der Waals surface area contributed by atoms with Crippen LogP contribution in [-0.4, -0.2) is 38.7 Å². The van der Waals surface area contributed by atoms with Crippen LogP contribution in [0.1, 0.15) is 38.4 Å². The third kappa shape index (κ3) is 2.61. The molecule has 0 spiro atoms. The number of likely N-dealkylation sites (tertiary alicyclic amines) is 1. The van der Waals surface area contributed by atoms with Crippen molar-refractivity contribution in [1.82, 2.24) is 19.7 Å². The second kappa shape index (κ2) is 5.37. The van der Waals surface area contributed by atoms with E-state index < -0.39 is 5.41 Å². The Hall–Kier alpha value is -1.68. The first kappa shape index (κ1) is 14.7. The molecule has 0 saturated carbocycles. The second-order valence-corrected chi connectivity index (χ2v) is 6.16. The van der Waals surface area contributed by atoms with Crippen LogP contribution in [0.25, 0.3) is 0 Å². The largest absolute Gasteiger partial charge is 0.341 e. The van der Waals surface area contributed by atoms with Gasteiger partial charge in [0.1, 0.15) is 11.2 Å². The molecule has 7 heteroatoms. The molecular weight excluding hydrogens is 274 g/mol. The lowest BCUT2D eigenvalue weighted by atomic mass is 9.90. The van der Waals surface area contributed by atoms with Crippen molar-refractivity contribution in [3.05, 3.63) is 10.6 Å². The molecular formula is C13H19N5OS. The SMILES string of the molecule is Cn1c(C2CCCN(C(=O)C(C)(C)C#N)C2)n[nH]c1=S. The van der Waals surface area contributed by atoms with Crippen molar-refractivity contribution >= 4 is 18.1 Å². The van der Waals surface area contributed by atoms with Gasteiger partial charge in [0.25, 0.3) is 0 Å². The van der Waals surface area contributed by atoms with E-state index in [1.807, 2.05) is 11.6 Å². The number of rotatable bonds is 2. The van der Waals surface area contributed by atoms with Gasteiger partial charge in [-0.1, -0.05) is 0 Å². The molecule has 0 radical (unpaired) electrons. The Morgan fingerprint density at radius 2 is 2.30 bits per heavy atom. The summed E-state index contributed by atoms with van der Waals surface area (Å²) in [5, 5.41) is 16.1. The number of nitriles is 1. The molecule has 1 aliphatic heterocycles. The van der Waals surface area contributed by atoms with Gasteiger partial charge in [-0.15, -0.1) is 0 Å². The first-order chi connectivity index (χ1) is 9.36. The lowest BCUT2D eigenvalue weighted by molar-refractivity contribution is -0.138. The Kier molecular flexibility index (Phi) is 3.95. The van der Waals surface area contributed by atoms with Crippen molar-refractivity contribution in [3.8, 4) is 6.07 Å². The minimum Gasteiger partial charge on any atom is -0.341 e. The molecule has 1 unspecified atom stereocenters. The van der Waals surface area contributed by atoms with E-state index in [0.29, 0.717) is 17.9 Å². The van der Waals surface area contributed by atoms with Gasteiger partial charge < -0.3 is 9.47 Å². The molecule has 1 amide bonds. The van der Waals surface area contributed by atoms with Gasteiger partial charge in [-0.25, -0.2) is 0 Å². The molecule has 1 aliphatic rings. The maximum absolute atomic E-state index is 12.4. The summed E-state index contributed by atoms with van der Waals surface area (Å²) in [6, 6.07) is 2.07. The number of amides is 1. The summed E-state index contributed by atoms with van der Waals surface area (Å²) in [6.07, 6.45) is 1.89. The van der Waals surface area contributed by atoms with Gasteiger partial charge in [0.05, 0.1) is 6.07 Å². The Labute approximate surface area is 123 Å². The summed E-state index contributed by atoms with van der Waals surface area (Å²) >= 11 is 5.12. The molecule has 20 heavy (non-hydrogen) atoms. The van der Waals surface area contributed by atoms with E-state index in [-0.39, 0.29) is 11.8 Å². The zero-order valence-corrected chi connectivity index (χ0v) is 12.8. The third-order valence-electron chi connectivity index (χ3n) is 3.80. The van der Waals surface area contributed by atoms with Gasteiger partial charge in [0.15, 0.2) is 4.77 Å². The monoisotopic (exact) mass is 293 g/mol. The topological polar surface area (TPSA) is 77.7 Å². The molecule has 2 rings (SSSR count). The van der Waals surface area contributed by atoms with Crippen molar-refractivity contribution < 1.29 is 4.79 Å². The van der Waals surface area contributed by atoms with Crippen molar-refractivity contribution in [1.29, 1.82) is 5.26 Å². The van der Waals surface area contributed by atoms with Crippen molar-refractivity contribution in [3.63, 3.8) is 0 Å². The molecule has 1 saturated heterocycles. The quantitative estimate of drug-likeness (QED) is 0.842. The standard InChI is InChI=1S/C13H19N5OS/c1-13(2,8-14)11(19)18-6-4-5-9(7-18)10-15-16-12(20)17(10)3/h9H,4-7H2,1-3H3,(H,16,20). The fourth-order valence-corrected chi connectivity index (χ4v) is 2.68. The van der Waals surface area contributed by atoms with E-state index in [9.17, 15) is 4.79 Å². The van der Waals surface area contributed by atoms with Crippen LogP contribution in [0.2, 0.25) is 0 Å². The summed E-state index contributed by atoms with van der Waals surface area (Å²) in [6.45, 7) is 4.62. The van der Waals surface area contributed by atoms with E-state index in [0.717, 1.165) is 18.7 Å². The van der Waals surface area contributed by atoms with Crippen LogP contribution in [0.15, 0.2) is 0 Å². The molecule has 6 nitrogen and oxygen atoms in total. The maximum atomic E-state index is 12.4. The minimum atomic E-state index is -0.973. The fourth-order valence-electron chi connectivity index (χ4n) is 2.54. The van der Waals surface area contributed by atoms with Crippen molar-refractivity contribution in [2.24, 2.45) is 12.5 Å². The van der Waals surface area contributed by atoms with Crippen molar-refractivity contribution in [2.45, 2.75) is 32.6 Å². The summed E-state index contributed by atoms with van der Waals surface area (Å²) < 4.78 is 2.43. The number of hydrogen-bond donors (Lipinski definition) is 1.